The minimum Gasteiger partial charge on any atom is -0.502 e. The number of phenolic OH excluding ortho intramolecular Hbond substituents is 1. The SMILES string of the molecule is CCOC(=O)C1C(=O)CC(C)(O)C(C(=O)OCC)C1c1ccc([N+](=O)[O-])c(O)c1. The smallest absolute Gasteiger partial charge is 0.317 e. The number of ketones is 1. The molecule has 2 rings (SSSR count). The van der Waals surface area contributed by atoms with Gasteiger partial charge in [0.25, 0.3) is 0 Å². The minimum atomic E-state index is -1.84. The van der Waals surface area contributed by atoms with Gasteiger partial charge in [-0.25, -0.2) is 0 Å². The number of esters is 2. The summed E-state index contributed by atoms with van der Waals surface area (Å²) in [5.74, 6) is -7.07. The Morgan fingerprint density at radius 3 is 2.34 bits per heavy atom. The van der Waals surface area contributed by atoms with Gasteiger partial charge in [0.1, 0.15) is 5.92 Å². The van der Waals surface area contributed by atoms with Gasteiger partial charge in [-0.3, -0.25) is 24.5 Å². The molecule has 1 fully saturated rings. The number of nitro benzene ring substituents is 1. The fraction of sp³-hybridized carbons (Fsp3) is 0.526. The average molecular weight is 409 g/mol. The van der Waals surface area contributed by atoms with Crippen LogP contribution in [0.2, 0.25) is 0 Å². The van der Waals surface area contributed by atoms with Crippen LogP contribution in [0, 0.1) is 22.0 Å². The summed E-state index contributed by atoms with van der Waals surface area (Å²) in [6, 6.07) is 3.24. The highest BCUT2D eigenvalue weighted by molar-refractivity contribution is 6.02. The molecule has 1 saturated carbocycles. The number of Topliss-reactive ketones (excluding diaryl/α,β-unsaturated/α-hetero) is 1. The van der Waals surface area contributed by atoms with E-state index in [0.29, 0.717) is 0 Å². The number of aromatic hydroxyl groups is 1. The molecule has 0 spiro atoms. The Bertz CT molecular complexity index is 833. The Balaban J connectivity index is 2.67. The topological polar surface area (TPSA) is 153 Å². The van der Waals surface area contributed by atoms with Crippen LogP contribution in [0.1, 0.15) is 38.7 Å². The second kappa shape index (κ2) is 8.56. The highest BCUT2D eigenvalue weighted by Crippen LogP contribution is 2.47. The predicted molar refractivity (Wildman–Crippen MR) is 98.0 cm³/mol. The van der Waals surface area contributed by atoms with Crippen LogP contribution in [-0.2, 0) is 23.9 Å². The highest BCUT2D eigenvalue weighted by atomic mass is 16.6. The fourth-order valence-corrected chi connectivity index (χ4v) is 3.78. The van der Waals surface area contributed by atoms with Crippen molar-refractivity contribution in [1.29, 1.82) is 0 Å². The lowest BCUT2D eigenvalue weighted by molar-refractivity contribution is -0.385. The molecule has 0 amide bonds. The number of benzene rings is 1. The molecule has 0 heterocycles. The van der Waals surface area contributed by atoms with Crippen LogP contribution in [0.4, 0.5) is 5.69 Å². The predicted octanol–water partition coefficient (Wildman–Crippen LogP) is 1.47. The number of phenols is 1. The van der Waals surface area contributed by atoms with Crippen LogP contribution in [0.25, 0.3) is 0 Å². The number of rotatable bonds is 6. The Morgan fingerprint density at radius 1 is 1.24 bits per heavy atom. The van der Waals surface area contributed by atoms with Crippen molar-refractivity contribution < 1.29 is 39.0 Å². The molecule has 0 saturated heterocycles. The largest absolute Gasteiger partial charge is 0.502 e. The molecule has 4 atom stereocenters. The third-order valence-corrected chi connectivity index (χ3v) is 4.93. The molecule has 1 aromatic carbocycles. The first-order valence-electron chi connectivity index (χ1n) is 9.10. The van der Waals surface area contributed by atoms with Crippen molar-refractivity contribution in [1.82, 2.24) is 0 Å². The van der Waals surface area contributed by atoms with Gasteiger partial charge in [-0.15, -0.1) is 0 Å². The van der Waals surface area contributed by atoms with Gasteiger partial charge in [0.2, 0.25) is 0 Å². The molecule has 158 valence electrons. The highest BCUT2D eigenvalue weighted by Gasteiger charge is 2.57. The van der Waals surface area contributed by atoms with Gasteiger partial charge < -0.3 is 19.7 Å². The van der Waals surface area contributed by atoms with Crippen LogP contribution in [0.3, 0.4) is 0 Å². The maximum atomic E-state index is 12.7. The van der Waals surface area contributed by atoms with E-state index in [1.165, 1.54) is 13.0 Å². The Hall–Kier alpha value is -3.01. The van der Waals surface area contributed by atoms with E-state index in [1.807, 2.05) is 0 Å². The number of aliphatic hydroxyl groups is 1. The molecule has 0 radical (unpaired) electrons. The summed E-state index contributed by atoms with van der Waals surface area (Å²) in [7, 11) is 0. The molecule has 10 heteroatoms. The molecule has 4 unspecified atom stereocenters. The summed E-state index contributed by atoms with van der Waals surface area (Å²) < 4.78 is 10.0. The van der Waals surface area contributed by atoms with Gasteiger partial charge >= 0.3 is 17.6 Å². The number of hydrogen-bond acceptors (Lipinski definition) is 9. The second-order valence-corrected chi connectivity index (χ2v) is 6.99. The zero-order valence-corrected chi connectivity index (χ0v) is 16.3. The maximum Gasteiger partial charge on any atom is 0.317 e. The summed E-state index contributed by atoms with van der Waals surface area (Å²) in [5, 5.41) is 31.8. The molecule has 29 heavy (non-hydrogen) atoms. The average Bonchev–Trinajstić information content (AvgIpc) is 2.59. The molecule has 0 aromatic heterocycles. The number of carbonyl (C=O) groups excluding carboxylic acids is 3. The van der Waals surface area contributed by atoms with Crippen LogP contribution in [0.15, 0.2) is 18.2 Å². The molecule has 10 nitrogen and oxygen atoms in total. The van der Waals surface area contributed by atoms with Crippen molar-refractivity contribution in [2.45, 2.75) is 38.7 Å². The first kappa shape index (κ1) is 22.3. The van der Waals surface area contributed by atoms with Gasteiger partial charge in [-0.05, 0) is 32.4 Å². The van der Waals surface area contributed by atoms with Gasteiger partial charge in [0.05, 0.1) is 29.7 Å². The molecule has 2 N–H and O–H groups in total. The minimum absolute atomic E-state index is 0.00165. The van der Waals surface area contributed by atoms with E-state index in [-0.39, 0.29) is 18.8 Å². The lowest BCUT2D eigenvalue weighted by Gasteiger charge is -2.43. The lowest BCUT2D eigenvalue weighted by atomic mass is 9.61. The lowest BCUT2D eigenvalue weighted by Crippen LogP contribution is -2.55. The number of nitro groups is 1. The molecule has 1 aromatic rings. The summed E-state index contributed by atoms with van der Waals surface area (Å²) >= 11 is 0. The van der Waals surface area contributed by atoms with E-state index in [9.17, 15) is 34.7 Å². The van der Waals surface area contributed by atoms with E-state index in [0.717, 1.165) is 12.1 Å². The maximum absolute atomic E-state index is 12.7. The molecule has 0 aliphatic heterocycles. The zero-order valence-electron chi connectivity index (χ0n) is 16.3. The van der Waals surface area contributed by atoms with E-state index in [2.05, 4.69) is 0 Å². The van der Waals surface area contributed by atoms with Crippen molar-refractivity contribution in [2.75, 3.05) is 13.2 Å². The van der Waals surface area contributed by atoms with Crippen LogP contribution >= 0.6 is 0 Å². The monoisotopic (exact) mass is 409 g/mol. The van der Waals surface area contributed by atoms with E-state index < -0.39 is 63.9 Å². The molecular weight excluding hydrogens is 386 g/mol. The number of hydrogen-bond donors (Lipinski definition) is 2. The quantitative estimate of drug-likeness (QED) is 0.308. The van der Waals surface area contributed by atoms with E-state index in [4.69, 9.17) is 9.47 Å². The fourth-order valence-electron chi connectivity index (χ4n) is 3.78. The normalized spacial score (nSPS) is 26.6. The number of ether oxygens (including phenoxy) is 2. The summed E-state index contributed by atoms with van der Waals surface area (Å²) in [4.78, 5) is 48.1. The van der Waals surface area contributed by atoms with Crippen molar-refractivity contribution in [2.24, 2.45) is 11.8 Å². The molecular formula is C19H23NO9. The van der Waals surface area contributed by atoms with Gasteiger partial charge in [-0.2, -0.15) is 0 Å². The Morgan fingerprint density at radius 2 is 1.83 bits per heavy atom. The first-order chi connectivity index (χ1) is 13.5. The van der Waals surface area contributed by atoms with Crippen LogP contribution in [-0.4, -0.2) is 51.7 Å². The van der Waals surface area contributed by atoms with Crippen molar-refractivity contribution in [3.63, 3.8) is 0 Å². The second-order valence-electron chi connectivity index (χ2n) is 6.99. The zero-order chi connectivity index (χ0) is 21.9. The Kier molecular flexibility index (Phi) is 6.58. The number of nitrogens with zero attached hydrogens (tertiary/aromatic N) is 1. The number of carbonyl (C=O) groups is 3. The third kappa shape index (κ3) is 4.37. The van der Waals surface area contributed by atoms with Crippen molar-refractivity contribution in [3.8, 4) is 5.75 Å². The first-order valence-corrected chi connectivity index (χ1v) is 9.10. The summed E-state index contributed by atoms with van der Waals surface area (Å²) in [5.41, 5.74) is -2.32. The summed E-state index contributed by atoms with van der Waals surface area (Å²) in [6.07, 6.45) is -0.477. The van der Waals surface area contributed by atoms with Crippen molar-refractivity contribution >= 4 is 23.4 Å². The Labute approximate surface area is 166 Å². The van der Waals surface area contributed by atoms with Crippen molar-refractivity contribution in [3.05, 3.63) is 33.9 Å². The summed E-state index contributed by atoms with van der Waals surface area (Å²) in [6.45, 7) is 4.39. The van der Waals surface area contributed by atoms with E-state index in [1.54, 1.807) is 13.8 Å². The molecule has 0 bridgehead atoms. The standard InChI is InChI=1S/C19H23NO9/c1-4-28-17(23)15-13(22)9-19(3,25)16(18(24)29-5-2)14(15)10-6-7-11(20(26)27)12(21)8-10/h6-8,14-16,21,25H,4-5,9H2,1-3H3. The molecule has 1 aliphatic carbocycles. The van der Waals surface area contributed by atoms with Gasteiger partial charge in [-0.1, -0.05) is 6.07 Å². The van der Waals surface area contributed by atoms with E-state index >= 15 is 0 Å². The van der Waals surface area contributed by atoms with Crippen LogP contribution < -0.4 is 0 Å². The third-order valence-electron chi connectivity index (χ3n) is 4.93. The van der Waals surface area contributed by atoms with Crippen LogP contribution in [0.5, 0.6) is 5.75 Å². The van der Waals surface area contributed by atoms with Gasteiger partial charge in [0.15, 0.2) is 11.5 Å². The van der Waals surface area contributed by atoms with Gasteiger partial charge in [0, 0.05) is 18.4 Å². The molecule has 1 aliphatic rings.